The molecule has 0 saturated carbocycles. The zero-order chi connectivity index (χ0) is 36.3. The van der Waals surface area contributed by atoms with Crippen molar-refractivity contribution < 1.29 is 0 Å². The van der Waals surface area contributed by atoms with Crippen LogP contribution < -0.4 is 4.90 Å². The molecule has 0 N–H and O–H groups in total. The lowest BCUT2D eigenvalue weighted by molar-refractivity contribution is 0.660. The van der Waals surface area contributed by atoms with Crippen LogP contribution in [-0.2, 0) is 10.8 Å². The number of thiophene rings is 1. The fourth-order valence-electron chi connectivity index (χ4n) is 9.80. The zero-order valence-corrected chi connectivity index (χ0v) is 31.8. The Balaban J connectivity index is 1.24. The van der Waals surface area contributed by atoms with Crippen LogP contribution in [0.2, 0.25) is 0 Å². The lowest BCUT2D eigenvalue weighted by atomic mass is 9.82. The SMILES string of the molecule is CC1(C)c2ccccc2-c2ccc(N(c3ccc4c(c3)C(C)(C)c3ccccc3-4)c3ccc4sc5ccccc5c4c3-c3cccc4ccccc34)cc21. The molecular weight excluding hydrogens is 671 g/mol. The first-order valence-corrected chi connectivity index (χ1v) is 19.8. The molecule has 0 saturated heterocycles. The standard InChI is InChI=1S/C52H39NS/c1-51(2)42-21-10-7-17-36(42)38-26-24-33(30-44(38)51)53(34-25-27-39-37-18-8-11-22-43(37)52(3,4)45(39)31-34)46-28-29-48-50(41-19-9-12-23-47(41)54-48)49(46)40-20-13-15-32-14-5-6-16-35(32)40/h5-31H,1-4H3. The Labute approximate surface area is 320 Å². The summed E-state index contributed by atoms with van der Waals surface area (Å²) < 4.78 is 2.62. The Kier molecular flexibility index (Phi) is 6.59. The first-order valence-electron chi connectivity index (χ1n) is 19.0. The second-order valence-corrected chi connectivity index (χ2v) is 17.2. The number of rotatable bonds is 4. The minimum Gasteiger partial charge on any atom is -0.310 e. The van der Waals surface area contributed by atoms with Gasteiger partial charge in [-0.3, -0.25) is 0 Å². The normalized spacial score (nSPS) is 14.6. The highest BCUT2D eigenvalue weighted by molar-refractivity contribution is 7.26. The molecule has 1 aromatic heterocycles. The van der Waals surface area contributed by atoms with E-state index < -0.39 is 0 Å². The highest BCUT2D eigenvalue weighted by atomic mass is 32.1. The summed E-state index contributed by atoms with van der Waals surface area (Å²) in [4.78, 5) is 2.56. The Morgan fingerprint density at radius 2 is 0.926 bits per heavy atom. The van der Waals surface area contributed by atoms with Gasteiger partial charge in [0.1, 0.15) is 0 Å². The molecule has 1 heterocycles. The largest absolute Gasteiger partial charge is 0.310 e. The van der Waals surface area contributed by atoms with E-state index in [9.17, 15) is 0 Å². The molecule has 0 aliphatic heterocycles. The van der Waals surface area contributed by atoms with E-state index in [1.807, 2.05) is 11.3 Å². The van der Waals surface area contributed by atoms with Crippen LogP contribution in [0.5, 0.6) is 0 Å². The fraction of sp³-hybridized carbons (Fsp3) is 0.115. The Hall–Kier alpha value is -5.96. The maximum absolute atomic E-state index is 2.56. The van der Waals surface area contributed by atoms with Crippen LogP contribution >= 0.6 is 11.3 Å². The van der Waals surface area contributed by atoms with Crippen LogP contribution in [0, 0.1) is 0 Å². The second-order valence-electron chi connectivity index (χ2n) is 16.1. The molecule has 11 rings (SSSR count). The predicted molar refractivity (Wildman–Crippen MR) is 232 cm³/mol. The van der Waals surface area contributed by atoms with Crippen molar-refractivity contribution in [1.29, 1.82) is 0 Å². The van der Waals surface area contributed by atoms with Crippen molar-refractivity contribution in [3.63, 3.8) is 0 Å². The third-order valence-electron chi connectivity index (χ3n) is 12.5. The van der Waals surface area contributed by atoms with E-state index in [1.165, 1.54) is 104 Å². The quantitative estimate of drug-likeness (QED) is 0.176. The van der Waals surface area contributed by atoms with Gasteiger partial charge in [0.15, 0.2) is 0 Å². The van der Waals surface area contributed by atoms with E-state index in [0.29, 0.717) is 0 Å². The fourth-order valence-corrected chi connectivity index (χ4v) is 10.9. The van der Waals surface area contributed by atoms with Gasteiger partial charge in [0, 0.05) is 47.9 Å². The molecule has 2 aliphatic rings. The van der Waals surface area contributed by atoms with Crippen molar-refractivity contribution in [2.45, 2.75) is 38.5 Å². The summed E-state index contributed by atoms with van der Waals surface area (Å²) in [6.45, 7) is 9.52. The number of nitrogens with zero attached hydrogens (tertiary/aromatic N) is 1. The molecule has 0 amide bonds. The first kappa shape index (κ1) is 31.6. The van der Waals surface area contributed by atoms with E-state index in [-0.39, 0.29) is 10.8 Å². The van der Waals surface area contributed by atoms with Gasteiger partial charge in [-0.05, 0) is 103 Å². The highest BCUT2D eigenvalue weighted by Gasteiger charge is 2.38. The molecule has 2 heteroatoms. The van der Waals surface area contributed by atoms with E-state index in [2.05, 4.69) is 196 Å². The third-order valence-corrected chi connectivity index (χ3v) is 13.6. The number of hydrogen-bond donors (Lipinski definition) is 0. The van der Waals surface area contributed by atoms with Crippen LogP contribution in [-0.4, -0.2) is 0 Å². The van der Waals surface area contributed by atoms with Gasteiger partial charge in [-0.25, -0.2) is 0 Å². The van der Waals surface area contributed by atoms with E-state index in [1.54, 1.807) is 0 Å². The van der Waals surface area contributed by atoms with Crippen LogP contribution in [0.1, 0.15) is 49.9 Å². The molecule has 0 spiro atoms. The van der Waals surface area contributed by atoms with Gasteiger partial charge in [0.25, 0.3) is 0 Å². The van der Waals surface area contributed by atoms with Crippen molar-refractivity contribution in [3.05, 3.63) is 186 Å². The van der Waals surface area contributed by atoms with E-state index in [4.69, 9.17) is 0 Å². The second kappa shape index (κ2) is 11.3. The molecule has 0 fully saturated rings. The molecular formula is C52H39NS. The van der Waals surface area contributed by atoms with Gasteiger partial charge >= 0.3 is 0 Å². The molecule has 0 atom stereocenters. The summed E-state index contributed by atoms with van der Waals surface area (Å²) in [6, 6.07) is 61.6. The highest BCUT2D eigenvalue weighted by Crippen LogP contribution is 2.55. The summed E-state index contributed by atoms with van der Waals surface area (Å²) in [5.74, 6) is 0. The molecule has 9 aromatic rings. The average molecular weight is 710 g/mol. The van der Waals surface area contributed by atoms with Crippen LogP contribution in [0.25, 0.3) is 64.3 Å². The van der Waals surface area contributed by atoms with Crippen molar-refractivity contribution >= 4 is 59.3 Å². The number of fused-ring (bicyclic) bond motifs is 10. The minimum atomic E-state index is -0.124. The summed E-state index contributed by atoms with van der Waals surface area (Å²) in [5.41, 5.74) is 16.7. The lowest BCUT2D eigenvalue weighted by Crippen LogP contribution is -2.18. The first-order chi connectivity index (χ1) is 26.3. The number of hydrogen-bond acceptors (Lipinski definition) is 2. The molecule has 54 heavy (non-hydrogen) atoms. The van der Waals surface area contributed by atoms with Gasteiger partial charge in [-0.2, -0.15) is 0 Å². The molecule has 0 unspecified atom stereocenters. The summed E-state index contributed by atoms with van der Waals surface area (Å²) in [6.07, 6.45) is 0. The molecule has 8 aromatic carbocycles. The maximum Gasteiger partial charge on any atom is 0.0547 e. The minimum absolute atomic E-state index is 0.124. The van der Waals surface area contributed by atoms with Gasteiger partial charge in [-0.1, -0.05) is 149 Å². The predicted octanol–water partition coefficient (Wildman–Crippen LogP) is 15.0. The Morgan fingerprint density at radius 1 is 0.407 bits per heavy atom. The maximum atomic E-state index is 2.56. The molecule has 2 aliphatic carbocycles. The average Bonchev–Trinajstić information content (AvgIpc) is 3.78. The third kappa shape index (κ3) is 4.32. The van der Waals surface area contributed by atoms with Crippen molar-refractivity contribution in [1.82, 2.24) is 0 Å². The monoisotopic (exact) mass is 709 g/mol. The molecule has 258 valence electrons. The number of benzene rings is 8. The lowest BCUT2D eigenvalue weighted by Gasteiger charge is -2.31. The van der Waals surface area contributed by atoms with Crippen LogP contribution in [0.3, 0.4) is 0 Å². The van der Waals surface area contributed by atoms with Crippen LogP contribution in [0.4, 0.5) is 17.1 Å². The summed E-state index contributed by atoms with van der Waals surface area (Å²) >= 11 is 1.89. The molecule has 0 bridgehead atoms. The summed E-state index contributed by atoms with van der Waals surface area (Å²) in [5, 5.41) is 5.13. The van der Waals surface area contributed by atoms with Crippen molar-refractivity contribution in [3.8, 4) is 33.4 Å². The topological polar surface area (TPSA) is 3.24 Å². The molecule has 0 radical (unpaired) electrons. The molecule has 1 nitrogen and oxygen atoms in total. The van der Waals surface area contributed by atoms with Gasteiger partial charge in [-0.15, -0.1) is 11.3 Å². The van der Waals surface area contributed by atoms with Gasteiger partial charge in [0.2, 0.25) is 0 Å². The van der Waals surface area contributed by atoms with Crippen molar-refractivity contribution in [2.75, 3.05) is 4.90 Å². The zero-order valence-electron chi connectivity index (χ0n) is 30.9. The van der Waals surface area contributed by atoms with Gasteiger partial charge < -0.3 is 4.90 Å². The smallest absolute Gasteiger partial charge is 0.0547 e. The van der Waals surface area contributed by atoms with Gasteiger partial charge in [0.05, 0.1) is 5.69 Å². The summed E-state index contributed by atoms with van der Waals surface area (Å²) in [7, 11) is 0. The van der Waals surface area contributed by atoms with Crippen molar-refractivity contribution in [2.24, 2.45) is 0 Å². The van der Waals surface area contributed by atoms with Crippen LogP contribution in [0.15, 0.2) is 164 Å². The van der Waals surface area contributed by atoms with E-state index >= 15 is 0 Å². The Bertz CT molecular complexity index is 2900. The Morgan fingerprint density at radius 3 is 1.59 bits per heavy atom. The number of anilines is 3. The van der Waals surface area contributed by atoms with E-state index in [0.717, 1.165) is 0 Å².